The standard InChI is InChI=1S/C12H19NOS/c1-4-13-9-10(2)14-11-5-7-12(15-3)8-6-11/h5-8,10,13H,4,9H2,1-3H3. The lowest BCUT2D eigenvalue weighted by molar-refractivity contribution is 0.218. The first kappa shape index (κ1) is 12.4. The number of rotatable bonds is 6. The van der Waals surface area contributed by atoms with Gasteiger partial charge in [-0.25, -0.2) is 0 Å². The highest BCUT2D eigenvalue weighted by atomic mass is 32.2. The predicted molar refractivity (Wildman–Crippen MR) is 66.9 cm³/mol. The van der Waals surface area contributed by atoms with Gasteiger partial charge in [0.15, 0.2) is 0 Å². The van der Waals surface area contributed by atoms with Crippen molar-refractivity contribution in [3.05, 3.63) is 24.3 Å². The summed E-state index contributed by atoms with van der Waals surface area (Å²) < 4.78 is 5.74. The molecule has 0 aromatic heterocycles. The van der Waals surface area contributed by atoms with Crippen molar-refractivity contribution in [2.45, 2.75) is 24.8 Å². The molecule has 0 aliphatic carbocycles. The lowest BCUT2D eigenvalue weighted by Crippen LogP contribution is -2.28. The zero-order valence-electron chi connectivity index (χ0n) is 9.62. The predicted octanol–water partition coefficient (Wildman–Crippen LogP) is 2.79. The van der Waals surface area contributed by atoms with E-state index in [1.807, 2.05) is 12.1 Å². The van der Waals surface area contributed by atoms with Crippen LogP contribution in [0.25, 0.3) is 0 Å². The first-order valence-corrected chi connectivity index (χ1v) is 6.50. The van der Waals surface area contributed by atoms with Gasteiger partial charge in [-0.2, -0.15) is 0 Å². The van der Waals surface area contributed by atoms with Crippen LogP contribution in [0.2, 0.25) is 0 Å². The summed E-state index contributed by atoms with van der Waals surface area (Å²) in [7, 11) is 0. The molecule has 0 bridgehead atoms. The van der Waals surface area contributed by atoms with E-state index in [-0.39, 0.29) is 6.10 Å². The maximum Gasteiger partial charge on any atom is 0.119 e. The van der Waals surface area contributed by atoms with Crippen LogP contribution in [-0.4, -0.2) is 25.4 Å². The van der Waals surface area contributed by atoms with Gasteiger partial charge in [-0.05, 0) is 44.0 Å². The number of hydrogen-bond donors (Lipinski definition) is 1. The van der Waals surface area contributed by atoms with Gasteiger partial charge in [-0.3, -0.25) is 0 Å². The molecule has 1 unspecified atom stereocenters. The van der Waals surface area contributed by atoms with Crippen LogP contribution in [-0.2, 0) is 0 Å². The van der Waals surface area contributed by atoms with E-state index in [0.29, 0.717) is 0 Å². The third-order valence-electron chi connectivity index (χ3n) is 2.08. The fourth-order valence-corrected chi connectivity index (χ4v) is 1.68. The fraction of sp³-hybridized carbons (Fsp3) is 0.500. The topological polar surface area (TPSA) is 21.3 Å². The van der Waals surface area contributed by atoms with Gasteiger partial charge in [0.05, 0.1) is 0 Å². The van der Waals surface area contributed by atoms with Crippen LogP contribution in [0.5, 0.6) is 5.75 Å². The molecule has 1 aromatic rings. The number of hydrogen-bond acceptors (Lipinski definition) is 3. The molecule has 2 nitrogen and oxygen atoms in total. The van der Waals surface area contributed by atoms with E-state index >= 15 is 0 Å². The molecule has 0 aliphatic heterocycles. The molecule has 0 saturated heterocycles. The summed E-state index contributed by atoms with van der Waals surface area (Å²) in [5.41, 5.74) is 0. The summed E-state index contributed by atoms with van der Waals surface area (Å²) in [5.74, 6) is 0.943. The second-order valence-corrected chi connectivity index (χ2v) is 4.29. The molecule has 0 saturated carbocycles. The van der Waals surface area contributed by atoms with E-state index in [4.69, 9.17) is 4.74 Å². The third-order valence-corrected chi connectivity index (χ3v) is 2.82. The second kappa shape index (κ2) is 6.75. The Labute approximate surface area is 96.4 Å². The van der Waals surface area contributed by atoms with Crippen molar-refractivity contribution < 1.29 is 4.74 Å². The molecule has 3 heteroatoms. The molecule has 0 amide bonds. The molecule has 84 valence electrons. The van der Waals surface area contributed by atoms with Crippen LogP contribution in [0.4, 0.5) is 0 Å². The number of likely N-dealkylation sites (N-methyl/N-ethyl adjacent to an activating group) is 1. The minimum atomic E-state index is 0.213. The zero-order chi connectivity index (χ0) is 11.1. The van der Waals surface area contributed by atoms with Gasteiger partial charge in [-0.15, -0.1) is 11.8 Å². The first-order chi connectivity index (χ1) is 7.26. The van der Waals surface area contributed by atoms with E-state index in [2.05, 4.69) is 37.6 Å². The summed E-state index contributed by atoms with van der Waals surface area (Å²) in [6.45, 7) is 6.05. The molecule has 1 N–H and O–H groups in total. The molecule has 0 heterocycles. The van der Waals surface area contributed by atoms with E-state index in [9.17, 15) is 0 Å². The monoisotopic (exact) mass is 225 g/mol. The van der Waals surface area contributed by atoms with E-state index in [1.54, 1.807) is 11.8 Å². The van der Waals surface area contributed by atoms with E-state index < -0.39 is 0 Å². The lowest BCUT2D eigenvalue weighted by Gasteiger charge is -2.14. The van der Waals surface area contributed by atoms with Gasteiger partial charge in [0.2, 0.25) is 0 Å². The summed E-state index contributed by atoms with van der Waals surface area (Å²) in [5, 5.41) is 3.26. The highest BCUT2D eigenvalue weighted by Crippen LogP contribution is 2.19. The van der Waals surface area contributed by atoms with E-state index in [1.165, 1.54) is 4.90 Å². The van der Waals surface area contributed by atoms with Crippen molar-refractivity contribution >= 4 is 11.8 Å². The lowest BCUT2D eigenvalue weighted by atomic mass is 10.3. The number of ether oxygens (including phenoxy) is 1. The van der Waals surface area contributed by atoms with Crippen molar-refractivity contribution in [3.8, 4) is 5.75 Å². The number of benzene rings is 1. The molecule has 0 aliphatic rings. The summed E-state index contributed by atoms with van der Waals surface area (Å²) in [6, 6.07) is 8.21. The Morgan fingerprint density at radius 3 is 2.53 bits per heavy atom. The summed E-state index contributed by atoms with van der Waals surface area (Å²) in [6.07, 6.45) is 2.29. The normalized spacial score (nSPS) is 12.5. The van der Waals surface area contributed by atoms with Crippen LogP contribution >= 0.6 is 11.8 Å². The van der Waals surface area contributed by atoms with Crippen LogP contribution < -0.4 is 10.1 Å². The van der Waals surface area contributed by atoms with Gasteiger partial charge >= 0.3 is 0 Å². The largest absolute Gasteiger partial charge is 0.489 e. The summed E-state index contributed by atoms with van der Waals surface area (Å²) >= 11 is 1.74. The molecule has 0 spiro atoms. The van der Waals surface area contributed by atoms with Gasteiger partial charge in [-0.1, -0.05) is 6.92 Å². The minimum Gasteiger partial charge on any atom is -0.489 e. The SMILES string of the molecule is CCNCC(C)Oc1ccc(SC)cc1. The molecule has 1 rings (SSSR count). The molecule has 0 radical (unpaired) electrons. The molecule has 1 atom stereocenters. The quantitative estimate of drug-likeness (QED) is 0.752. The van der Waals surface area contributed by atoms with Gasteiger partial charge < -0.3 is 10.1 Å². The first-order valence-electron chi connectivity index (χ1n) is 5.27. The Balaban J connectivity index is 2.42. The molecular formula is C12H19NOS. The van der Waals surface area contributed by atoms with Crippen molar-refractivity contribution in [3.63, 3.8) is 0 Å². The van der Waals surface area contributed by atoms with Crippen molar-refractivity contribution in [2.24, 2.45) is 0 Å². The Hall–Kier alpha value is -0.670. The Kier molecular flexibility index (Phi) is 5.58. The second-order valence-electron chi connectivity index (χ2n) is 3.41. The van der Waals surface area contributed by atoms with Crippen LogP contribution in [0.1, 0.15) is 13.8 Å². The highest BCUT2D eigenvalue weighted by molar-refractivity contribution is 7.98. The fourth-order valence-electron chi connectivity index (χ4n) is 1.28. The van der Waals surface area contributed by atoms with Crippen molar-refractivity contribution in [1.82, 2.24) is 5.32 Å². The van der Waals surface area contributed by atoms with Crippen LogP contribution in [0.3, 0.4) is 0 Å². The van der Waals surface area contributed by atoms with Gasteiger partial charge in [0.25, 0.3) is 0 Å². The molecule has 0 fully saturated rings. The minimum absolute atomic E-state index is 0.213. The zero-order valence-corrected chi connectivity index (χ0v) is 10.4. The third kappa shape index (κ3) is 4.58. The number of thioether (sulfide) groups is 1. The molecular weight excluding hydrogens is 206 g/mol. The van der Waals surface area contributed by atoms with Crippen LogP contribution in [0, 0.1) is 0 Å². The maximum absolute atomic E-state index is 5.74. The Morgan fingerprint density at radius 1 is 1.33 bits per heavy atom. The average Bonchev–Trinajstić information content (AvgIpc) is 2.27. The Morgan fingerprint density at radius 2 is 2.00 bits per heavy atom. The highest BCUT2D eigenvalue weighted by Gasteiger charge is 2.02. The number of nitrogens with one attached hydrogen (secondary N) is 1. The van der Waals surface area contributed by atoms with Crippen molar-refractivity contribution in [2.75, 3.05) is 19.3 Å². The smallest absolute Gasteiger partial charge is 0.119 e. The van der Waals surface area contributed by atoms with E-state index in [0.717, 1.165) is 18.8 Å². The molecule has 15 heavy (non-hydrogen) atoms. The Bertz CT molecular complexity index is 273. The average molecular weight is 225 g/mol. The summed E-state index contributed by atoms with van der Waals surface area (Å²) in [4.78, 5) is 1.27. The van der Waals surface area contributed by atoms with Gasteiger partial charge in [0, 0.05) is 11.4 Å². The van der Waals surface area contributed by atoms with Crippen LogP contribution in [0.15, 0.2) is 29.2 Å². The molecule has 1 aromatic carbocycles. The van der Waals surface area contributed by atoms with Crippen molar-refractivity contribution in [1.29, 1.82) is 0 Å². The maximum atomic E-state index is 5.74. The van der Waals surface area contributed by atoms with Gasteiger partial charge in [0.1, 0.15) is 11.9 Å².